The van der Waals surface area contributed by atoms with Crippen LogP contribution in [0, 0.1) is 6.92 Å². The molecule has 5 rings (SSSR count). The van der Waals surface area contributed by atoms with Gasteiger partial charge < -0.3 is 15.0 Å². The van der Waals surface area contributed by atoms with Crippen molar-refractivity contribution in [1.29, 1.82) is 0 Å². The number of hydrogen-bond acceptors (Lipinski definition) is 10. The zero-order valence-corrected chi connectivity index (χ0v) is 21.6. The van der Waals surface area contributed by atoms with E-state index in [1.54, 1.807) is 25.5 Å². The van der Waals surface area contributed by atoms with Gasteiger partial charge in [0.1, 0.15) is 28.2 Å². The molecular formula is C25H25N7O2S2. The third-order valence-corrected chi connectivity index (χ3v) is 7.47. The third-order valence-electron chi connectivity index (χ3n) is 5.84. The molecule has 0 radical (unpaired) electrons. The predicted octanol–water partition coefficient (Wildman–Crippen LogP) is 5.44. The molecular weight excluding hydrogens is 494 g/mol. The van der Waals surface area contributed by atoms with E-state index >= 15 is 0 Å². The van der Waals surface area contributed by atoms with Crippen molar-refractivity contribution in [2.75, 3.05) is 18.4 Å². The molecule has 9 nitrogen and oxygen atoms in total. The summed E-state index contributed by atoms with van der Waals surface area (Å²) in [7, 11) is 0. The van der Waals surface area contributed by atoms with Crippen molar-refractivity contribution in [3.8, 4) is 11.5 Å². The lowest BCUT2D eigenvalue weighted by Gasteiger charge is -2.29. The topological polar surface area (TPSA) is 106 Å². The number of pyridine rings is 3. The molecule has 0 bridgehead atoms. The van der Waals surface area contributed by atoms with Crippen LogP contribution >= 0.6 is 23.3 Å². The molecule has 1 amide bonds. The van der Waals surface area contributed by atoms with Gasteiger partial charge >= 0.3 is 0 Å². The van der Waals surface area contributed by atoms with Crippen LogP contribution in [0.1, 0.15) is 37.2 Å². The Kier molecular flexibility index (Phi) is 7.38. The second-order valence-electron chi connectivity index (χ2n) is 8.34. The first-order valence-electron chi connectivity index (χ1n) is 11.6. The standard InChI is InChI=1S/C25H25N7O2S2/c1-16-19(6-5-11-26-16)34-20-14-22(28-15-21(20)35-23-7-3-4-10-27-23)29-25-30-24(31-36-25)18-8-12-32(13-9-18)17(2)33/h3-7,10-11,14-15,18H,8-9,12-13H2,1-2H3,(H,28,29,30,31). The maximum Gasteiger partial charge on any atom is 0.219 e. The number of piperidine rings is 1. The van der Waals surface area contributed by atoms with Gasteiger partial charge in [-0.05, 0) is 44.0 Å². The Labute approximate surface area is 217 Å². The van der Waals surface area contributed by atoms with Gasteiger partial charge in [0.2, 0.25) is 11.0 Å². The second-order valence-corrected chi connectivity index (χ2v) is 10.2. The minimum Gasteiger partial charge on any atom is -0.454 e. The summed E-state index contributed by atoms with van der Waals surface area (Å²) < 4.78 is 10.8. The van der Waals surface area contributed by atoms with Gasteiger partial charge in [-0.3, -0.25) is 9.78 Å². The highest BCUT2D eigenvalue weighted by molar-refractivity contribution is 7.99. The number of amides is 1. The van der Waals surface area contributed by atoms with Gasteiger partial charge in [-0.1, -0.05) is 17.8 Å². The minimum absolute atomic E-state index is 0.122. The molecule has 4 aromatic heterocycles. The molecule has 5 heterocycles. The fourth-order valence-electron chi connectivity index (χ4n) is 3.88. The van der Waals surface area contributed by atoms with E-state index < -0.39 is 0 Å². The number of aryl methyl sites for hydroxylation is 1. The molecule has 0 atom stereocenters. The highest BCUT2D eigenvalue weighted by Gasteiger charge is 2.25. The molecule has 4 aromatic rings. The Hall–Kier alpha value is -3.57. The maximum absolute atomic E-state index is 11.6. The highest BCUT2D eigenvalue weighted by Crippen LogP contribution is 2.38. The van der Waals surface area contributed by atoms with Crippen LogP contribution in [0.3, 0.4) is 0 Å². The van der Waals surface area contributed by atoms with Crippen LogP contribution in [0.2, 0.25) is 0 Å². The summed E-state index contributed by atoms with van der Waals surface area (Å²) in [5.41, 5.74) is 0.794. The smallest absolute Gasteiger partial charge is 0.219 e. The quantitative estimate of drug-likeness (QED) is 0.341. The summed E-state index contributed by atoms with van der Waals surface area (Å²) in [6.45, 7) is 5.01. The van der Waals surface area contributed by atoms with Crippen molar-refractivity contribution in [3.05, 3.63) is 66.5 Å². The summed E-state index contributed by atoms with van der Waals surface area (Å²) in [4.78, 5) is 32.3. The molecule has 1 saturated heterocycles. The molecule has 184 valence electrons. The zero-order valence-electron chi connectivity index (χ0n) is 19.9. The van der Waals surface area contributed by atoms with Crippen LogP contribution in [-0.2, 0) is 4.79 Å². The number of nitrogens with zero attached hydrogens (tertiary/aromatic N) is 6. The van der Waals surface area contributed by atoms with Crippen LogP contribution in [0.15, 0.2) is 64.9 Å². The van der Waals surface area contributed by atoms with E-state index in [-0.39, 0.29) is 11.8 Å². The number of hydrogen-bond donors (Lipinski definition) is 1. The Morgan fingerprint density at radius 3 is 2.69 bits per heavy atom. The zero-order chi connectivity index (χ0) is 24.9. The van der Waals surface area contributed by atoms with E-state index in [2.05, 4.69) is 24.6 Å². The van der Waals surface area contributed by atoms with Gasteiger partial charge in [0.25, 0.3) is 0 Å². The molecule has 1 N–H and O–H groups in total. The number of ether oxygens (including phenoxy) is 1. The monoisotopic (exact) mass is 519 g/mol. The molecule has 0 aliphatic carbocycles. The average Bonchev–Trinajstić information content (AvgIpc) is 3.36. The van der Waals surface area contributed by atoms with Crippen LogP contribution in [0.4, 0.5) is 10.9 Å². The lowest BCUT2D eigenvalue weighted by molar-refractivity contribution is -0.129. The predicted molar refractivity (Wildman–Crippen MR) is 139 cm³/mol. The first-order chi connectivity index (χ1) is 17.5. The average molecular weight is 520 g/mol. The second kappa shape index (κ2) is 11.0. The summed E-state index contributed by atoms with van der Waals surface area (Å²) in [5, 5.41) is 4.78. The number of carbonyl (C=O) groups is 1. The van der Waals surface area contributed by atoms with Crippen LogP contribution in [-0.4, -0.2) is 48.2 Å². The SMILES string of the molecule is CC(=O)N1CCC(c2nsc(Nc3cc(Oc4cccnc4C)c(Sc4ccccn4)cn3)n2)CC1. The first-order valence-corrected chi connectivity index (χ1v) is 13.2. The van der Waals surface area contributed by atoms with Crippen molar-refractivity contribution < 1.29 is 9.53 Å². The summed E-state index contributed by atoms with van der Waals surface area (Å²) in [6.07, 6.45) is 7.00. The van der Waals surface area contributed by atoms with E-state index in [1.807, 2.05) is 48.2 Å². The van der Waals surface area contributed by atoms with E-state index in [0.717, 1.165) is 47.4 Å². The number of nitrogens with one attached hydrogen (secondary N) is 1. The largest absolute Gasteiger partial charge is 0.454 e. The fourth-order valence-corrected chi connectivity index (χ4v) is 5.33. The summed E-state index contributed by atoms with van der Waals surface area (Å²) >= 11 is 2.78. The van der Waals surface area contributed by atoms with E-state index in [4.69, 9.17) is 9.72 Å². The fraction of sp³-hybridized carbons (Fsp3) is 0.280. The molecule has 1 aliphatic heterocycles. The number of aromatic nitrogens is 5. The molecule has 1 fully saturated rings. The van der Waals surface area contributed by atoms with Crippen molar-refractivity contribution >= 4 is 40.2 Å². The van der Waals surface area contributed by atoms with E-state index in [9.17, 15) is 4.79 Å². The van der Waals surface area contributed by atoms with Crippen molar-refractivity contribution in [1.82, 2.24) is 29.2 Å². The van der Waals surface area contributed by atoms with Crippen LogP contribution < -0.4 is 10.1 Å². The van der Waals surface area contributed by atoms with Gasteiger partial charge in [0.15, 0.2) is 0 Å². The minimum atomic E-state index is 0.122. The summed E-state index contributed by atoms with van der Waals surface area (Å²) in [6, 6.07) is 11.4. The van der Waals surface area contributed by atoms with Crippen molar-refractivity contribution in [2.45, 2.75) is 42.5 Å². The number of carbonyl (C=O) groups excluding carboxylic acids is 1. The summed E-state index contributed by atoms with van der Waals surface area (Å²) in [5.74, 6) is 3.11. The Bertz CT molecular complexity index is 1340. The van der Waals surface area contributed by atoms with Crippen LogP contribution in [0.5, 0.6) is 11.5 Å². The van der Waals surface area contributed by atoms with Crippen LogP contribution in [0.25, 0.3) is 0 Å². The first kappa shape index (κ1) is 24.1. The van der Waals surface area contributed by atoms with E-state index in [1.165, 1.54) is 23.3 Å². The lowest BCUT2D eigenvalue weighted by Crippen LogP contribution is -2.36. The molecule has 36 heavy (non-hydrogen) atoms. The van der Waals surface area contributed by atoms with Gasteiger partial charge in [-0.15, -0.1) is 0 Å². The van der Waals surface area contributed by atoms with E-state index in [0.29, 0.717) is 22.4 Å². The van der Waals surface area contributed by atoms with Crippen molar-refractivity contribution in [2.24, 2.45) is 0 Å². The van der Waals surface area contributed by atoms with Gasteiger partial charge in [-0.2, -0.15) is 4.37 Å². The lowest BCUT2D eigenvalue weighted by atomic mass is 9.96. The normalized spacial score (nSPS) is 14.0. The molecule has 1 aliphatic rings. The maximum atomic E-state index is 11.6. The molecule has 0 aromatic carbocycles. The molecule has 0 unspecified atom stereocenters. The number of rotatable bonds is 7. The number of anilines is 2. The molecule has 11 heteroatoms. The Morgan fingerprint density at radius 2 is 1.94 bits per heavy atom. The molecule has 0 spiro atoms. The van der Waals surface area contributed by atoms with Crippen molar-refractivity contribution in [3.63, 3.8) is 0 Å². The van der Waals surface area contributed by atoms with Gasteiger partial charge in [0.05, 0.1) is 10.6 Å². The Balaban J connectivity index is 1.35. The number of likely N-dealkylation sites (tertiary alicyclic amines) is 1. The highest BCUT2D eigenvalue weighted by atomic mass is 32.2. The third kappa shape index (κ3) is 5.80. The Morgan fingerprint density at radius 1 is 1.11 bits per heavy atom. The van der Waals surface area contributed by atoms with Gasteiger partial charge in [-0.25, -0.2) is 15.0 Å². The van der Waals surface area contributed by atoms with Gasteiger partial charge in [0, 0.05) is 62.1 Å². The molecule has 0 saturated carbocycles.